The number of hydrogen-bond donors (Lipinski definition) is 1. The highest BCUT2D eigenvalue weighted by molar-refractivity contribution is 6.31. The lowest BCUT2D eigenvalue weighted by Gasteiger charge is -2.29. The van der Waals surface area contributed by atoms with E-state index in [4.69, 9.17) is 17.3 Å². The Labute approximate surface area is 113 Å². The second-order valence-corrected chi connectivity index (χ2v) is 5.68. The molecule has 0 saturated carbocycles. The standard InChI is InChI=1S/C14H19ClN2O/c1-9(2)8-17-13(18)7-12(16)14(17)10-5-3-4-6-11(10)15/h3-6,9,12,14H,7-8,16H2,1-2H3. The summed E-state index contributed by atoms with van der Waals surface area (Å²) in [7, 11) is 0. The third kappa shape index (κ3) is 2.52. The van der Waals surface area contributed by atoms with Gasteiger partial charge in [0.05, 0.1) is 6.04 Å². The fourth-order valence-corrected chi connectivity index (χ4v) is 2.79. The Morgan fingerprint density at radius 3 is 2.72 bits per heavy atom. The third-order valence-corrected chi connectivity index (χ3v) is 3.60. The fraction of sp³-hybridized carbons (Fsp3) is 0.500. The van der Waals surface area contributed by atoms with E-state index in [-0.39, 0.29) is 18.0 Å². The first-order valence-electron chi connectivity index (χ1n) is 6.30. The Kier molecular flexibility index (Phi) is 3.93. The topological polar surface area (TPSA) is 46.3 Å². The minimum atomic E-state index is -0.170. The highest BCUT2D eigenvalue weighted by atomic mass is 35.5. The molecule has 18 heavy (non-hydrogen) atoms. The van der Waals surface area contributed by atoms with E-state index in [1.807, 2.05) is 29.2 Å². The van der Waals surface area contributed by atoms with Crippen LogP contribution in [0.3, 0.4) is 0 Å². The van der Waals surface area contributed by atoms with Crippen molar-refractivity contribution >= 4 is 17.5 Å². The molecule has 2 atom stereocenters. The van der Waals surface area contributed by atoms with E-state index in [1.54, 1.807) is 0 Å². The molecule has 1 aliphatic heterocycles. The van der Waals surface area contributed by atoms with Crippen molar-refractivity contribution < 1.29 is 4.79 Å². The van der Waals surface area contributed by atoms with Gasteiger partial charge in [-0.3, -0.25) is 4.79 Å². The summed E-state index contributed by atoms with van der Waals surface area (Å²) in [5, 5.41) is 0.682. The number of benzene rings is 1. The Bertz CT molecular complexity index is 447. The van der Waals surface area contributed by atoms with Crippen molar-refractivity contribution in [2.75, 3.05) is 6.54 Å². The summed E-state index contributed by atoms with van der Waals surface area (Å²) in [6.07, 6.45) is 0.405. The molecular formula is C14H19ClN2O. The molecule has 1 aromatic carbocycles. The zero-order valence-electron chi connectivity index (χ0n) is 10.8. The number of halogens is 1. The molecule has 0 bridgehead atoms. The van der Waals surface area contributed by atoms with Crippen LogP contribution in [-0.4, -0.2) is 23.4 Å². The summed E-state index contributed by atoms with van der Waals surface area (Å²) in [6.45, 7) is 4.92. The van der Waals surface area contributed by atoms with Crippen LogP contribution in [0.25, 0.3) is 0 Å². The molecule has 3 nitrogen and oxygen atoms in total. The Hall–Kier alpha value is -1.06. The maximum Gasteiger partial charge on any atom is 0.224 e. The van der Waals surface area contributed by atoms with Crippen molar-refractivity contribution in [2.45, 2.75) is 32.4 Å². The third-order valence-electron chi connectivity index (χ3n) is 3.26. The number of carbonyl (C=O) groups is 1. The average molecular weight is 267 g/mol. The predicted molar refractivity (Wildman–Crippen MR) is 73.3 cm³/mol. The van der Waals surface area contributed by atoms with Crippen LogP contribution in [-0.2, 0) is 4.79 Å². The molecule has 1 amide bonds. The molecule has 2 N–H and O–H groups in total. The number of nitrogens with two attached hydrogens (primary N) is 1. The van der Waals surface area contributed by atoms with Gasteiger partial charge in [-0.05, 0) is 17.5 Å². The lowest BCUT2D eigenvalue weighted by molar-refractivity contribution is -0.129. The fourth-order valence-electron chi connectivity index (χ4n) is 2.54. The van der Waals surface area contributed by atoms with Crippen LogP contribution in [0.1, 0.15) is 31.9 Å². The zero-order chi connectivity index (χ0) is 13.3. The van der Waals surface area contributed by atoms with Gasteiger partial charge in [0.15, 0.2) is 0 Å². The van der Waals surface area contributed by atoms with Gasteiger partial charge in [0.25, 0.3) is 0 Å². The first kappa shape index (κ1) is 13.4. The van der Waals surface area contributed by atoms with Gasteiger partial charge in [-0.2, -0.15) is 0 Å². The number of carbonyl (C=O) groups excluding carboxylic acids is 1. The Balaban J connectivity index is 2.34. The van der Waals surface area contributed by atoms with Crippen LogP contribution < -0.4 is 5.73 Å². The first-order valence-corrected chi connectivity index (χ1v) is 6.68. The molecule has 1 fully saturated rings. The summed E-state index contributed by atoms with van der Waals surface area (Å²) >= 11 is 6.23. The monoisotopic (exact) mass is 266 g/mol. The molecule has 1 heterocycles. The lowest BCUT2D eigenvalue weighted by Crippen LogP contribution is -2.35. The van der Waals surface area contributed by atoms with Crippen LogP contribution in [0.15, 0.2) is 24.3 Å². The van der Waals surface area contributed by atoms with E-state index in [0.717, 1.165) is 12.1 Å². The second-order valence-electron chi connectivity index (χ2n) is 5.27. The van der Waals surface area contributed by atoms with Crippen LogP contribution in [0, 0.1) is 5.92 Å². The quantitative estimate of drug-likeness (QED) is 0.914. The van der Waals surface area contributed by atoms with Crippen LogP contribution in [0.2, 0.25) is 5.02 Å². The van der Waals surface area contributed by atoms with Crippen LogP contribution in [0.4, 0.5) is 0 Å². The van der Waals surface area contributed by atoms with Crippen molar-refractivity contribution in [2.24, 2.45) is 11.7 Å². The maximum atomic E-state index is 12.0. The summed E-state index contributed by atoms with van der Waals surface area (Å²) < 4.78 is 0. The van der Waals surface area contributed by atoms with Gasteiger partial charge in [-0.15, -0.1) is 0 Å². The van der Waals surface area contributed by atoms with Gasteiger partial charge < -0.3 is 10.6 Å². The number of likely N-dealkylation sites (tertiary alicyclic amines) is 1. The smallest absolute Gasteiger partial charge is 0.224 e. The second kappa shape index (κ2) is 5.29. The summed E-state index contributed by atoms with van der Waals surface area (Å²) in [6, 6.07) is 7.37. The molecule has 4 heteroatoms. The summed E-state index contributed by atoms with van der Waals surface area (Å²) in [4.78, 5) is 13.9. The van der Waals surface area contributed by atoms with Gasteiger partial charge in [0.1, 0.15) is 0 Å². The van der Waals surface area contributed by atoms with E-state index >= 15 is 0 Å². The van der Waals surface area contributed by atoms with E-state index in [2.05, 4.69) is 13.8 Å². The normalized spacial score (nSPS) is 24.1. The van der Waals surface area contributed by atoms with E-state index < -0.39 is 0 Å². The van der Waals surface area contributed by atoms with Gasteiger partial charge in [-0.1, -0.05) is 43.6 Å². The van der Waals surface area contributed by atoms with Crippen molar-refractivity contribution in [1.82, 2.24) is 4.90 Å². The Morgan fingerprint density at radius 2 is 2.11 bits per heavy atom. The molecule has 1 aliphatic rings. The minimum Gasteiger partial charge on any atom is -0.334 e. The number of rotatable bonds is 3. The highest BCUT2D eigenvalue weighted by Crippen LogP contribution is 2.36. The lowest BCUT2D eigenvalue weighted by atomic mass is 10.00. The van der Waals surface area contributed by atoms with Crippen molar-refractivity contribution in [3.8, 4) is 0 Å². The van der Waals surface area contributed by atoms with Crippen molar-refractivity contribution in [3.63, 3.8) is 0 Å². The van der Waals surface area contributed by atoms with Crippen molar-refractivity contribution in [3.05, 3.63) is 34.9 Å². The molecule has 2 unspecified atom stereocenters. The Morgan fingerprint density at radius 1 is 1.44 bits per heavy atom. The van der Waals surface area contributed by atoms with E-state index in [1.165, 1.54) is 0 Å². The largest absolute Gasteiger partial charge is 0.334 e. The van der Waals surface area contributed by atoms with E-state index in [9.17, 15) is 4.79 Å². The maximum absolute atomic E-state index is 12.0. The molecule has 98 valence electrons. The molecule has 0 aromatic heterocycles. The van der Waals surface area contributed by atoms with Crippen LogP contribution >= 0.6 is 11.6 Å². The number of nitrogens with zero attached hydrogens (tertiary/aromatic N) is 1. The molecule has 0 aliphatic carbocycles. The highest BCUT2D eigenvalue weighted by Gasteiger charge is 2.39. The summed E-state index contributed by atoms with van der Waals surface area (Å²) in [5.41, 5.74) is 7.07. The number of hydrogen-bond acceptors (Lipinski definition) is 2. The van der Waals surface area contributed by atoms with E-state index in [0.29, 0.717) is 17.4 Å². The summed E-state index contributed by atoms with van der Waals surface area (Å²) in [5.74, 6) is 0.547. The average Bonchev–Trinajstić information content (AvgIpc) is 2.55. The van der Waals surface area contributed by atoms with Crippen molar-refractivity contribution in [1.29, 1.82) is 0 Å². The molecule has 1 aromatic rings. The van der Waals surface area contributed by atoms with Gasteiger partial charge in [0.2, 0.25) is 5.91 Å². The first-order chi connectivity index (χ1) is 8.50. The molecular weight excluding hydrogens is 248 g/mol. The predicted octanol–water partition coefficient (Wildman–Crippen LogP) is 2.60. The molecule has 0 radical (unpaired) electrons. The zero-order valence-corrected chi connectivity index (χ0v) is 11.5. The SMILES string of the molecule is CC(C)CN1C(=O)CC(N)C1c1ccccc1Cl. The molecule has 0 spiro atoms. The van der Waals surface area contributed by atoms with Gasteiger partial charge >= 0.3 is 0 Å². The number of amides is 1. The minimum absolute atomic E-state index is 0.0893. The van der Waals surface area contributed by atoms with Gasteiger partial charge in [-0.25, -0.2) is 0 Å². The van der Waals surface area contributed by atoms with Crippen LogP contribution in [0.5, 0.6) is 0 Å². The molecule has 1 saturated heterocycles. The molecule has 2 rings (SSSR count). The van der Waals surface area contributed by atoms with Gasteiger partial charge in [0, 0.05) is 24.0 Å².